The molecule has 0 spiro atoms. The molecule has 2 N–H and O–H groups in total. The van der Waals surface area contributed by atoms with Crippen molar-refractivity contribution in [3.8, 4) is 0 Å². The Morgan fingerprint density at radius 2 is 1.88 bits per heavy atom. The molecule has 1 aliphatic heterocycles. The first-order chi connectivity index (χ1) is 11.1. The molecule has 1 fully saturated rings. The van der Waals surface area contributed by atoms with Crippen molar-refractivity contribution < 1.29 is 17.9 Å². The average molecular weight is 376 g/mol. The SMILES string of the molecule is CC(C)(C)NC(=O)Nc1cc(S(=O)(=O)N2CCOCC2)ccc1Cl. The van der Waals surface area contributed by atoms with Gasteiger partial charge in [0, 0.05) is 18.6 Å². The van der Waals surface area contributed by atoms with Crippen LogP contribution in [0, 0.1) is 0 Å². The van der Waals surface area contributed by atoms with Gasteiger partial charge >= 0.3 is 6.03 Å². The van der Waals surface area contributed by atoms with Crippen LogP contribution in [0.2, 0.25) is 5.02 Å². The highest BCUT2D eigenvalue weighted by Gasteiger charge is 2.27. The van der Waals surface area contributed by atoms with Gasteiger partial charge in [-0.25, -0.2) is 13.2 Å². The fraction of sp³-hybridized carbons (Fsp3) is 0.533. The summed E-state index contributed by atoms with van der Waals surface area (Å²) in [7, 11) is -3.65. The van der Waals surface area contributed by atoms with Crippen molar-refractivity contribution in [2.75, 3.05) is 31.6 Å². The van der Waals surface area contributed by atoms with E-state index in [0.29, 0.717) is 26.3 Å². The number of nitrogens with zero attached hydrogens (tertiary/aromatic N) is 1. The number of benzene rings is 1. The molecule has 0 aliphatic carbocycles. The van der Waals surface area contributed by atoms with Crippen LogP contribution in [0.1, 0.15) is 20.8 Å². The van der Waals surface area contributed by atoms with Crippen molar-refractivity contribution in [3.63, 3.8) is 0 Å². The third-order valence-corrected chi connectivity index (χ3v) is 5.51. The van der Waals surface area contributed by atoms with Crippen molar-refractivity contribution in [1.82, 2.24) is 9.62 Å². The van der Waals surface area contributed by atoms with Gasteiger partial charge in [0.05, 0.1) is 28.8 Å². The van der Waals surface area contributed by atoms with Crippen LogP contribution in [0.15, 0.2) is 23.1 Å². The summed E-state index contributed by atoms with van der Waals surface area (Å²) in [6.07, 6.45) is 0. The van der Waals surface area contributed by atoms with Gasteiger partial charge in [-0.05, 0) is 39.0 Å². The number of urea groups is 1. The van der Waals surface area contributed by atoms with E-state index in [9.17, 15) is 13.2 Å². The third kappa shape index (κ3) is 4.83. The Hall–Kier alpha value is -1.35. The summed E-state index contributed by atoms with van der Waals surface area (Å²) in [6.45, 7) is 6.86. The summed E-state index contributed by atoms with van der Waals surface area (Å²) in [5.74, 6) is 0. The molecule has 0 radical (unpaired) electrons. The number of morpholine rings is 1. The van der Waals surface area contributed by atoms with E-state index in [0.717, 1.165) is 0 Å². The molecule has 1 saturated heterocycles. The van der Waals surface area contributed by atoms with Crippen LogP contribution in [0.3, 0.4) is 0 Å². The minimum atomic E-state index is -3.65. The molecule has 0 aromatic heterocycles. The second-order valence-corrected chi connectivity index (χ2v) is 8.83. The van der Waals surface area contributed by atoms with Crippen LogP contribution < -0.4 is 10.6 Å². The maximum Gasteiger partial charge on any atom is 0.319 e. The molecule has 0 unspecified atom stereocenters. The van der Waals surface area contributed by atoms with Gasteiger partial charge in [0.2, 0.25) is 10.0 Å². The normalized spacial score (nSPS) is 16.7. The summed E-state index contributed by atoms with van der Waals surface area (Å²) in [5, 5.41) is 5.59. The molecule has 2 amide bonds. The van der Waals surface area contributed by atoms with Gasteiger partial charge in [-0.2, -0.15) is 4.31 Å². The van der Waals surface area contributed by atoms with Crippen molar-refractivity contribution >= 4 is 33.3 Å². The number of hydrogen-bond acceptors (Lipinski definition) is 4. The lowest BCUT2D eigenvalue weighted by Gasteiger charge is -2.26. The van der Waals surface area contributed by atoms with Crippen molar-refractivity contribution in [2.45, 2.75) is 31.2 Å². The summed E-state index contributed by atoms with van der Waals surface area (Å²) >= 11 is 6.08. The van der Waals surface area contributed by atoms with Crippen LogP contribution in [0.5, 0.6) is 0 Å². The van der Waals surface area contributed by atoms with Crippen molar-refractivity contribution in [3.05, 3.63) is 23.2 Å². The zero-order valence-electron chi connectivity index (χ0n) is 13.9. The van der Waals surface area contributed by atoms with Gasteiger partial charge < -0.3 is 15.4 Å². The highest BCUT2D eigenvalue weighted by atomic mass is 35.5. The Labute approximate surface area is 147 Å². The monoisotopic (exact) mass is 375 g/mol. The molecule has 0 bridgehead atoms. The molecular weight excluding hydrogens is 354 g/mol. The zero-order valence-corrected chi connectivity index (χ0v) is 15.5. The number of amides is 2. The number of hydrogen-bond donors (Lipinski definition) is 2. The van der Waals surface area contributed by atoms with E-state index in [1.165, 1.54) is 22.5 Å². The molecule has 0 atom stereocenters. The molecular formula is C15H22ClN3O4S. The highest BCUT2D eigenvalue weighted by Crippen LogP contribution is 2.27. The number of carbonyl (C=O) groups is 1. The molecule has 7 nitrogen and oxygen atoms in total. The summed E-state index contributed by atoms with van der Waals surface area (Å²) in [4.78, 5) is 12.1. The first-order valence-corrected chi connectivity index (χ1v) is 9.38. The maximum atomic E-state index is 12.7. The van der Waals surface area contributed by atoms with Crippen molar-refractivity contribution in [2.24, 2.45) is 0 Å². The van der Waals surface area contributed by atoms with E-state index in [2.05, 4.69) is 10.6 Å². The molecule has 134 valence electrons. The molecule has 1 aromatic rings. The number of sulfonamides is 1. The number of nitrogens with one attached hydrogen (secondary N) is 2. The highest BCUT2D eigenvalue weighted by molar-refractivity contribution is 7.89. The molecule has 24 heavy (non-hydrogen) atoms. The Morgan fingerprint density at radius 3 is 2.46 bits per heavy atom. The largest absolute Gasteiger partial charge is 0.379 e. The van der Waals surface area contributed by atoms with Gasteiger partial charge in [0.25, 0.3) is 0 Å². The topological polar surface area (TPSA) is 87.7 Å². The Balaban J connectivity index is 2.23. The smallest absolute Gasteiger partial charge is 0.319 e. The molecule has 1 aromatic carbocycles. The third-order valence-electron chi connectivity index (χ3n) is 3.28. The minimum absolute atomic E-state index is 0.0832. The van der Waals surface area contributed by atoms with Crippen LogP contribution in [0.4, 0.5) is 10.5 Å². The first-order valence-electron chi connectivity index (χ1n) is 7.56. The van der Waals surface area contributed by atoms with Gasteiger partial charge in [-0.1, -0.05) is 11.6 Å². The van der Waals surface area contributed by atoms with E-state index in [1.807, 2.05) is 20.8 Å². The van der Waals surface area contributed by atoms with Crippen LogP contribution in [-0.2, 0) is 14.8 Å². The van der Waals surface area contributed by atoms with Gasteiger partial charge in [-0.15, -0.1) is 0 Å². The maximum absolute atomic E-state index is 12.7. The molecule has 1 aliphatic rings. The van der Waals surface area contributed by atoms with Gasteiger partial charge in [0.15, 0.2) is 0 Å². The van der Waals surface area contributed by atoms with Crippen molar-refractivity contribution in [1.29, 1.82) is 0 Å². The first kappa shape index (κ1) is 19.0. The van der Waals surface area contributed by atoms with Gasteiger partial charge in [0.1, 0.15) is 0 Å². The van der Waals surface area contributed by atoms with Gasteiger partial charge in [-0.3, -0.25) is 0 Å². The Bertz CT molecular complexity index is 710. The standard InChI is InChI=1S/C15H22ClN3O4S/c1-15(2,3)18-14(20)17-13-10-11(4-5-12(13)16)24(21,22)19-6-8-23-9-7-19/h4-5,10H,6-9H2,1-3H3,(H2,17,18,20). The van der Waals surface area contributed by atoms with E-state index in [-0.39, 0.29) is 15.6 Å². The zero-order chi connectivity index (χ0) is 18.0. The fourth-order valence-corrected chi connectivity index (χ4v) is 3.79. The predicted octanol–water partition coefficient (Wildman–Crippen LogP) is 2.28. The Kier molecular flexibility index (Phi) is 5.74. The average Bonchev–Trinajstić information content (AvgIpc) is 2.48. The number of rotatable bonds is 3. The van der Waals surface area contributed by atoms with Crippen LogP contribution in [0.25, 0.3) is 0 Å². The number of ether oxygens (including phenoxy) is 1. The molecule has 1 heterocycles. The van der Waals surface area contributed by atoms with E-state index >= 15 is 0 Å². The lowest BCUT2D eigenvalue weighted by Crippen LogP contribution is -2.43. The van der Waals surface area contributed by atoms with Crippen LogP contribution in [-0.4, -0.2) is 50.6 Å². The Morgan fingerprint density at radius 1 is 1.25 bits per heavy atom. The van der Waals surface area contributed by atoms with E-state index in [1.54, 1.807) is 0 Å². The quantitative estimate of drug-likeness (QED) is 0.848. The second-order valence-electron chi connectivity index (χ2n) is 6.49. The number of anilines is 1. The number of carbonyl (C=O) groups excluding carboxylic acids is 1. The van der Waals surface area contributed by atoms with Crippen LogP contribution >= 0.6 is 11.6 Å². The summed E-state index contributed by atoms with van der Waals surface area (Å²) in [6, 6.07) is 3.81. The molecule has 0 saturated carbocycles. The summed E-state index contributed by atoms with van der Waals surface area (Å²) < 4.78 is 31.9. The molecule has 2 rings (SSSR count). The number of halogens is 1. The lowest BCUT2D eigenvalue weighted by atomic mass is 10.1. The predicted molar refractivity (Wildman–Crippen MR) is 92.9 cm³/mol. The lowest BCUT2D eigenvalue weighted by molar-refractivity contribution is 0.0730. The van der Waals surface area contributed by atoms with E-state index in [4.69, 9.17) is 16.3 Å². The second kappa shape index (κ2) is 7.26. The fourth-order valence-electron chi connectivity index (χ4n) is 2.19. The minimum Gasteiger partial charge on any atom is -0.379 e. The summed E-state index contributed by atoms with van der Waals surface area (Å²) in [5.41, 5.74) is -0.179. The van der Waals surface area contributed by atoms with E-state index < -0.39 is 21.6 Å². The molecule has 9 heteroatoms.